The van der Waals surface area contributed by atoms with E-state index in [1.807, 2.05) is 76.2 Å². The molecule has 0 aromatic heterocycles. The van der Waals surface area contributed by atoms with E-state index >= 15 is 0 Å². The lowest BCUT2D eigenvalue weighted by atomic mass is 9.73. The van der Waals surface area contributed by atoms with Gasteiger partial charge in [0.15, 0.2) is 0 Å². The number of fused-ring (bicyclic) bond motifs is 6. The third-order valence-corrected chi connectivity index (χ3v) is 34.0. The summed E-state index contributed by atoms with van der Waals surface area (Å²) in [4.78, 5) is 0. The summed E-state index contributed by atoms with van der Waals surface area (Å²) in [6.45, 7) is 22.7. The molecule has 26 nitrogen and oxygen atoms in total. The number of hydrogen-bond donors (Lipinski definition) is 2. The van der Waals surface area contributed by atoms with E-state index in [9.17, 15) is 60.7 Å². The average Bonchev–Trinajstić information content (AvgIpc) is 3.87. The van der Waals surface area contributed by atoms with Crippen molar-refractivity contribution in [3.8, 4) is 0 Å². The zero-order valence-corrected chi connectivity index (χ0v) is 52.4. The molecule has 0 saturated carbocycles. The Hall–Kier alpha value is -0.860. The lowest BCUT2D eigenvalue weighted by Crippen LogP contribution is -2.50. The van der Waals surface area contributed by atoms with E-state index < -0.39 is 133 Å². The quantitative estimate of drug-likeness (QED) is 0.354. The molecule has 18 aliphatic heterocycles. The summed E-state index contributed by atoms with van der Waals surface area (Å²) in [6, 6.07) is 0. The second-order valence-corrected chi connectivity index (χ2v) is 38.6. The summed E-state index contributed by atoms with van der Waals surface area (Å²) in [6.07, 6.45) is 1.11. The lowest BCUT2D eigenvalue weighted by molar-refractivity contribution is -0.104. The molecule has 2 N–H and O–H groups in total. The van der Waals surface area contributed by atoms with Crippen molar-refractivity contribution in [1.82, 2.24) is 0 Å². The standard InChI is InChI=1S/C9H14O6S.C9H14O4S.4C8H12O4S/c1-5-7-9(4-11)6(16(12,13)14-7)2-8(5,3-10)15-9;1-5-7-9(3)6(14(10,11)12-7)4-8(5,2)13-9;1-8(2)5-3-4-6(11-5)7(8)12-13(4,9)10;1-4-6-7-5(13(9,10)12-6)3-8(4,2)11-7;1-4-5-3-6-7(11-5)8(4,2)12-13(6,9)10;1-4-5-3-6-8(2,11-5)7(4)12-13(6,9)10/h5-7,10-11H,2-4H2,1H3;5-7H,4H2,1-3H3;4*4-7H,3H2,1-2H3. The minimum Gasteiger partial charge on any atom is -0.393 e. The normalized spacial score (nSPS) is 59.9. The van der Waals surface area contributed by atoms with Crippen molar-refractivity contribution in [2.45, 2.75) is 259 Å². The van der Waals surface area contributed by atoms with Gasteiger partial charge in [0.2, 0.25) is 0 Å². The van der Waals surface area contributed by atoms with Crippen LogP contribution in [0.15, 0.2) is 0 Å². The molecule has 82 heavy (non-hydrogen) atoms. The monoisotopic (exact) mass is 1280 g/mol. The average molecular weight is 1290 g/mol. The molecule has 0 spiro atoms. The maximum atomic E-state index is 11.8. The van der Waals surface area contributed by atoms with Crippen LogP contribution in [-0.2, 0) is 114 Å². The molecule has 29 atom stereocenters. The van der Waals surface area contributed by atoms with E-state index in [1.165, 1.54) is 0 Å². The largest absolute Gasteiger partial charge is 0.393 e. The van der Waals surface area contributed by atoms with Gasteiger partial charge in [-0.2, -0.15) is 50.5 Å². The molecule has 0 aromatic rings. The zero-order valence-electron chi connectivity index (χ0n) is 47.5. The van der Waals surface area contributed by atoms with Crippen molar-refractivity contribution < 1.29 is 114 Å². The predicted octanol–water partition coefficient (Wildman–Crippen LogP) is 0.410. The topological polar surface area (TPSA) is 356 Å². The van der Waals surface area contributed by atoms with Crippen LogP contribution in [0.4, 0.5) is 0 Å². The van der Waals surface area contributed by atoms with E-state index in [0.29, 0.717) is 32.1 Å². The van der Waals surface area contributed by atoms with Crippen LogP contribution in [0.5, 0.6) is 0 Å². The van der Waals surface area contributed by atoms with Crippen LogP contribution >= 0.6 is 0 Å². The number of aliphatic hydroxyl groups is 2. The Morgan fingerprint density at radius 3 is 1.56 bits per heavy atom. The molecular formula is C50H76O26S6. The van der Waals surface area contributed by atoms with Crippen LogP contribution in [0, 0.1) is 35.0 Å². The van der Waals surface area contributed by atoms with Gasteiger partial charge in [0.05, 0.1) is 48.3 Å². The highest BCUT2D eigenvalue weighted by Crippen LogP contribution is 2.64. The highest BCUT2D eigenvalue weighted by molar-refractivity contribution is 7.89. The molecule has 18 saturated heterocycles. The van der Waals surface area contributed by atoms with E-state index in [1.54, 1.807) is 6.92 Å². The van der Waals surface area contributed by atoms with Gasteiger partial charge in [0.1, 0.15) is 103 Å². The fourth-order valence-corrected chi connectivity index (χ4v) is 29.5. The van der Waals surface area contributed by atoms with Gasteiger partial charge in [-0.25, -0.2) is 0 Å². The Morgan fingerprint density at radius 2 is 1.04 bits per heavy atom. The van der Waals surface area contributed by atoms with Crippen LogP contribution in [-0.4, -0.2) is 212 Å². The van der Waals surface area contributed by atoms with Gasteiger partial charge in [0, 0.05) is 41.4 Å². The number of ether oxygens (including phenoxy) is 6. The molecule has 32 heteroatoms. The number of rotatable bonds is 2. The molecular weight excluding hydrogens is 1210 g/mol. The molecule has 18 aliphatic rings. The van der Waals surface area contributed by atoms with Crippen molar-refractivity contribution in [3.05, 3.63) is 0 Å². The Kier molecular flexibility index (Phi) is 12.9. The molecule has 468 valence electrons. The Morgan fingerprint density at radius 1 is 0.427 bits per heavy atom. The SMILES string of the molecule is CC1(C)C2CC3C(O2)C1OS3(=O)=O.CC1C2CC3C(C)(O2)C1OS3(=O)=O.CC1C2CC3C(O2)C1(C)OS3(=O)=O.CC1C2OS(=O)(=O)C3CC1(C)OC23.CC1C2OS(=O)(=O)C3CC1(C)OC23C.CC1C2OS(=O)(=O)C3CC1(CO)OC23CO. The lowest BCUT2D eigenvalue weighted by Gasteiger charge is -2.30. The van der Waals surface area contributed by atoms with E-state index in [-0.39, 0.29) is 120 Å². The summed E-state index contributed by atoms with van der Waals surface area (Å²) in [7, 11) is -20.4. The second-order valence-electron chi connectivity index (χ2n) is 28.0. The molecule has 0 aromatic carbocycles. The molecule has 18 fully saturated rings. The molecule has 0 radical (unpaired) electrons. The van der Waals surface area contributed by atoms with E-state index in [2.05, 4.69) is 0 Å². The first-order valence-corrected chi connectivity index (χ1v) is 37.1. The van der Waals surface area contributed by atoms with E-state index in [0.717, 1.165) is 0 Å². The number of hydrogen-bond acceptors (Lipinski definition) is 26. The zero-order chi connectivity index (χ0) is 59.8. The first-order valence-electron chi connectivity index (χ1n) is 28.3. The minimum absolute atomic E-state index is 0.0600. The second kappa shape index (κ2) is 17.5. The highest BCUT2D eigenvalue weighted by atomic mass is 32.2. The van der Waals surface area contributed by atoms with Gasteiger partial charge < -0.3 is 38.6 Å². The summed E-state index contributed by atoms with van der Waals surface area (Å²) in [5.74, 6) is 0.495. The molecule has 12 bridgehead atoms. The summed E-state index contributed by atoms with van der Waals surface area (Å²) < 4.78 is 204. The van der Waals surface area contributed by atoms with Gasteiger partial charge in [0.25, 0.3) is 60.7 Å². The molecule has 18 heterocycles. The van der Waals surface area contributed by atoms with Crippen LogP contribution < -0.4 is 0 Å². The summed E-state index contributed by atoms with van der Waals surface area (Å²) in [5.41, 5.74) is -4.53. The van der Waals surface area contributed by atoms with E-state index in [4.69, 9.17) is 53.5 Å². The van der Waals surface area contributed by atoms with Crippen molar-refractivity contribution in [2.75, 3.05) is 13.2 Å². The Labute approximate surface area is 480 Å². The van der Waals surface area contributed by atoms with Gasteiger partial charge >= 0.3 is 0 Å². The maximum absolute atomic E-state index is 11.8. The maximum Gasteiger partial charge on any atom is 0.273 e. The molecule has 0 aliphatic carbocycles. The minimum atomic E-state index is -3.68. The fourth-order valence-electron chi connectivity index (χ4n) is 18.0. The molecule has 0 amide bonds. The van der Waals surface area contributed by atoms with Crippen LogP contribution in [0.2, 0.25) is 0 Å². The fraction of sp³-hybridized carbons (Fsp3) is 1.00. The predicted molar refractivity (Wildman–Crippen MR) is 280 cm³/mol. The smallest absolute Gasteiger partial charge is 0.273 e. The highest BCUT2D eigenvalue weighted by Gasteiger charge is 2.80. The van der Waals surface area contributed by atoms with Gasteiger partial charge in [-0.15, -0.1) is 0 Å². The first-order chi connectivity index (χ1) is 37.5. The van der Waals surface area contributed by atoms with Gasteiger partial charge in [-0.1, -0.05) is 48.5 Å². The third-order valence-electron chi connectivity index (χ3n) is 23.5. The van der Waals surface area contributed by atoms with Crippen molar-refractivity contribution in [3.63, 3.8) is 0 Å². The van der Waals surface area contributed by atoms with Crippen molar-refractivity contribution in [2.24, 2.45) is 35.0 Å². The Bertz CT molecular complexity index is 3410. The van der Waals surface area contributed by atoms with Crippen molar-refractivity contribution >= 4 is 60.7 Å². The van der Waals surface area contributed by atoms with Crippen molar-refractivity contribution in [1.29, 1.82) is 0 Å². The van der Waals surface area contributed by atoms with Crippen LogP contribution in [0.25, 0.3) is 0 Å². The summed E-state index contributed by atoms with van der Waals surface area (Å²) in [5, 5.41) is 15.9. The molecule has 18 rings (SSSR count). The first kappa shape index (κ1) is 60.1. The van der Waals surface area contributed by atoms with Gasteiger partial charge in [-0.05, 0) is 66.7 Å². The third kappa shape index (κ3) is 7.66. The number of aliphatic hydroxyl groups excluding tert-OH is 2. The van der Waals surface area contributed by atoms with Crippen LogP contribution in [0.1, 0.15) is 122 Å². The Balaban J connectivity index is 0.0000000925. The van der Waals surface area contributed by atoms with Crippen LogP contribution in [0.3, 0.4) is 0 Å². The van der Waals surface area contributed by atoms with Gasteiger partial charge in [-0.3, -0.25) is 25.1 Å². The molecule has 29 unspecified atom stereocenters. The summed E-state index contributed by atoms with van der Waals surface area (Å²) >= 11 is 0.